The van der Waals surface area contributed by atoms with Gasteiger partial charge in [0.15, 0.2) is 0 Å². The number of nitrogens with zero attached hydrogens (tertiary/aromatic N) is 2. The molecular weight excluding hydrogens is 234 g/mol. The van der Waals surface area contributed by atoms with Crippen LogP contribution in [0.25, 0.3) is 0 Å². The Morgan fingerprint density at radius 1 is 1.21 bits per heavy atom. The van der Waals surface area contributed by atoms with Crippen molar-refractivity contribution >= 4 is 5.69 Å². The molecule has 0 radical (unpaired) electrons. The van der Waals surface area contributed by atoms with Crippen LogP contribution in [-0.4, -0.2) is 17.6 Å². The summed E-state index contributed by atoms with van der Waals surface area (Å²) < 4.78 is 0. The van der Waals surface area contributed by atoms with Crippen LogP contribution in [-0.2, 0) is 13.1 Å². The van der Waals surface area contributed by atoms with Gasteiger partial charge in [-0.2, -0.15) is 0 Å². The van der Waals surface area contributed by atoms with Crippen LogP contribution >= 0.6 is 0 Å². The van der Waals surface area contributed by atoms with Crippen molar-refractivity contribution in [2.75, 3.05) is 11.4 Å². The summed E-state index contributed by atoms with van der Waals surface area (Å²) in [5.41, 5.74) is 4.02. The zero-order valence-corrected chi connectivity index (χ0v) is 11.2. The molecule has 1 aliphatic rings. The molecule has 0 fully saturated rings. The largest absolute Gasteiger partial charge is 0.365 e. The monoisotopic (exact) mass is 253 g/mol. The van der Waals surface area contributed by atoms with E-state index in [1.807, 2.05) is 12.4 Å². The van der Waals surface area contributed by atoms with Gasteiger partial charge in [-0.25, -0.2) is 0 Å². The molecule has 0 amide bonds. The summed E-state index contributed by atoms with van der Waals surface area (Å²) >= 11 is 0. The van der Waals surface area contributed by atoms with Gasteiger partial charge in [0.05, 0.1) is 0 Å². The molecule has 1 unspecified atom stereocenters. The number of pyridine rings is 1. The van der Waals surface area contributed by atoms with Gasteiger partial charge in [-0.15, -0.1) is 0 Å². The molecule has 1 N–H and O–H groups in total. The molecule has 0 saturated carbocycles. The van der Waals surface area contributed by atoms with Gasteiger partial charge in [-0.1, -0.05) is 18.2 Å². The SMILES string of the molecule is CC1CN(Cc2ccncc2)c2ccccc2CN1. The molecule has 0 spiro atoms. The number of nitrogens with one attached hydrogen (secondary N) is 1. The fourth-order valence-corrected chi connectivity index (χ4v) is 2.60. The van der Waals surface area contributed by atoms with Crippen LogP contribution in [0.5, 0.6) is 0 Å². The van der Waals surface area contributed by atoms with E-state index in [2.05, 4.69) is 58.5 Å². The number of hydrogen-bond acceptors (Lipinski definition) is 3. The highest BCUT2D eigenvalue weighted by Crippen LogP contribution is 2.24. The molecule has 19 heavy (non-hydrogen) atoms. The Morgan fingerprint density at radius 3 is 2.84 bits per heavy atom. The molecule has 1 aliphatic heterocycles. The Kier molecular flexibility index (Phi) is 3.47. The first-order valence-electron chi connectivity index (χ1n) is 6.78. The van der Waals surface area contributed by atoms with E-state index in [1.54, 1.807) is 0 Å². The molecule has 3 nitrogen and oxygen atoms in total. The van der Waals surface area contributed by atoms with Crippen molar-refractivity contribution in [3.63, 3.8) is 0 Å². The number of rotatable bonds is 2. The second kappa shape index (κ2) is 5.41. The molecule has 0 saturated heterocycles. The zero-order chi connectivity index (χ0) is 13.1. The summed E-state index contributed by atoms with van der Waals surface area (Å²) in [5.74, 6) is 0. The number of hydrogen-bond donors (Lipinski definition) is 1. The summed E-state index contributed by atoms with van der Waals surface area (Å²) in [6.45, 7) is 5.15. The first-order chi connectivity index (χ1) is 9.33. The van der Waals surface area contributed by atoms with Crippen LogP contribution in [0, 0.1) is 0 Å². The van der Waals surface area contributed by atoms with Crippen molar-refractivity contribution in [3.05, 3.63) is 59.9 Å². The van der Waals surface area contributed by atoms with Gasteiger partial charge in [0.1, 0.15) is 0 Å². The zero-order valence-electron chi connectivity index (χ0n) is 11.2. The smallest absolute Gasteiger partial charge is 0.0431 e. The summed E-state index contributed by atoms with van der Waals surface area (Å²) in [5, 5.41) is 3.56. The third-order valence-corrected chi connectivity index (χ3v) is 3.59. The first kappa shape index (κ1) is 12.2. The predicted molar refractivity (Wildman–Crippen MR) is 78.0 cm³/mol. The molecule has 3 rings (SSSR count). The fourth-order valence-electron chi connectivity index (χ4n) is 2.60. The van der Waals surface area contributed by atoms with E-state index >= 15 is 0 Å². The maximum absolute atomic E-state index is 4.09. The van der Waals surface area contributed by atoms with Gasteiger partial charge in [0, 0.05) is 43.8 Å². The van der Waals surface area contributed by atoms with Crippen LogP contribution in [0.1, 0.15) is 18.1 Å². The molecule has 1 atom stereocenters. The molecule has 0 bridgehead atoms. The number of anilines is 1. The lowest BCUT2D eigenvalue weighted by Crippen LogP contribution is -2.35. The standard InChI is InChI=1S/C16H19N3/c1-13-11-19(12-14-6-8-17-9-7-14)16-5-3-2-4-15(16)10-18-13/h2-9,13,18H,10-12H2,1H3. The summed E-state index contributed by atoms with van der Waals surface area (Å²) in [6.07, 6.45) is 3.72. The summed E-state index contributed by atoms with van der Waals surface area (Å²) in [6, 6.07) is 13.3. The van der Waals surface area contributed by atoms with E-state index in [0.29, 0.717) is 6.04 Å². The van der Waals surface area contributed by atoms with Crippen molar-refractivity contribution < 1.29 is 0 Å². The Hall–Kier alpha value is -1.87. The number of benzene rings is 1. The predicted octanol–water partition coefficient (Wildman–Crippen LogP) is 2.58. The first-order valence-corrected chi connectivity index (χ1v) is 6.78. The van der Waals surface area contributed by atoms with Crippen molar-refractivity contribution in [1.29, 1.82) is 0 Å². The quantitative estimate of drug-likeness (QED) is 0.891. The van der Waals surface area contributed by atoms with Crippen LogP contribution in [0.2, 0.25) is 0 Å². The molecule has 3 heteroatoms. The van der Waals surface area contributed by atoms with E-state index in [1.165, 1.54) is 16.8 Å². The van der Waals surface area contributed by atoms with Crippen molar-refractivity contribution in [2.45, 2.75) is 26.1 Å². The van der Waals surface area contributed by atoms with Crippen molar-refractivity contribution in [1.82, 2.24) is 10.3 Å². The van der Waals surface area contributed by atoms with Gasteiger partial charge in [-0.05, 0) is 36.2 Å². The van der Waals surface area contributed by atoms with Gasteiger partial charge in [-0.3, -0.25) is 4.98 Å². The minimum Gasteiger partial charge on any atom is -0.365 e. The minimum absolute atomic E-state index is 0.495. The minimum atomic E-state index is 0.495. The normalized spacial score (nSPS) is 18.8. The Labute approximate surface area is 114 Å². The van der Waals surface area contributed by atoms with Crippen LogP contribution in [0.3, 0.4) is 0 Å². The highest BCUT2D eigenvalue weighted by atomic mass is 15.2. The molecule has 1 aromatic heterocycles. The maximum atomic E-state index is 4.09. The molecule has 0 aliphatic carbocycles. The Bertz CT molecular complexity index is 539. The number of aromatic nitrogens is 1. The van der Waals surface area contributed by atoms with E-state index in [4.69, 9.17) is 0 Å². The summed E-state index contributed by atoms with van der Waals surface area (Å²) in [7, 11) is 0. The van der Waals surface area contributed by atoms with Gasteiger partial charge < -0.3 is 10.2 Å². The van der Waals surface area contributed by atoms with E-state index in [-0.39, 0.29) is 0 Å². The molecular formula is C16H19N3. The molecule has 2 aromatic rings. The van der Waals surface area contributed by atoms with E-state index in [9.17, 15) is 0 Å². The lowest BCUT2D eigenvalue weighted by molar-refractivity contribution is 0.552. The Morgan fingerprint density at radius 2 is 2.00 bits per heavy atom. The summed E-state index contributed by atoms with van der Waals surface area (Å²) in [4.78, 5) is 6.54. The van der Waals surface area contributed by atoms with Crippen LogP contribution in [0.4, 0.5) is 5.69 Å². The Balaban J connectivity index is 1.90. The molecule has 2 heterocycles. The highest BCUT2D eigenvalue weighted by Gasteiger charge is 2.18. The average Bonchev–Trinajstić information content (AvgIpc) is 2.60. The average molecular weight is 253 g/mol. The third-order valence-electron chi connectivity index (χ3n) is 3.59. The second-order valence-corrected chi connectivity index (χ2v) is 5.15. The van der Waals surface area contributed by atoms with E-state index in [0.717, 1.165) is 19.6 Å². The van der Waals surface area contributed by atoms with Crippen molar-refractivity contribution in [2.24, 2.45) is 0 Å². The maximum Gasteiger partial charge on any atom is 0.0431 e. The van der Waals surface area contributed by atoms with Gasteiger partial charge >= 0.3 is 0 Å². The third kappa shape index (κ3) is 2.76. The lowest BCUT2D eigenvalue weighted by atomic mass is 10.1. The van der Waals surface area contributed by atoms with Crippen LogP contribution < -0.4 is 10.2 Å². The van der Waals surface area contributed by atoms with Crippen molar-refractivity contribution in [3.8, 4) is 0 Å². The second-order valence-electron chi connectivity index (χ2n) is 5.15. The molecule has 98 valence electrons. The molecule has 1 aromatic carbocycles. The topological polar surface area (TPSA) is 28.2 Å². The number of fused-ring (bicyclic) bond motifs is 1. The fraction of sp³-hybridized carbons (Fsp3) is 0.312. The van der Waals surface area contributed by atoms with Crippen LogP contribution in [0.15, 0.2) is 48.8 Å². The van der Waals surface area contributed by atoms with Gasteiger partial charge in [0.25, 0.3) is 0 Å². The lowest BCUT2D eigenvalue weighted by Gasteiger charge is -2.26. The van der Waals surface area contributed by atoms with E-state index < -0.39 is 0 Å². The number of para-hydroxylation sites is 1. The van der Waals surface area contributed by atoms with Gasteiger partial charge in [0.2, 0.25) is 0 Å². The highest BCUT2D eigenvalue weighted by molar-refractivity contribution is 5.54.